The molecule has 0 fully saturated rings. The van der Waals surface area contributed by atoms with E-state index in [9.17, 15) is 25.9 Å². The Balaban J connectivity index is 1.24. The number of amidine groups is 4. The van der Waals surface area contributed by atoms with Crippen LogP contribution >= 0.6 is 12.0 Å². The molecule has 0 saturated carbocycles. The predicted molar refractivity (Wildman–Crippen MR) is 283 cm³/mol. The quantitative estimate of drug-likeness (QED) is 0.0613. The van der Waals surface area contributed by atoms with Crippen LogP contribution in [0.5, 0.6) is 0 Å². The molecule has 74 heavy (non-hydrogen) atoms. The molecule has 4 aliphatic heterocycles. The van der Waals surface area contributed by atoms with Crippen molar-refractivity contribution in [2.24, 2.45) is 30.0 Å². The molecule has 0 atom stereocenters. The zero-order valence-electron chi connectivity index (χ0n) is 39.0. The Kier molecular flexibility index (Phi) is 9.88. The van der Waals surface area contributed by atoms with Gasteiger partial charge in [0.2, 0.25) is 0 Å². The number of nitrogens with zero attached hydrogens (tertiary/aromatic N) is 8. The summed E-state index contributed by atoms with van der Waals surface area (Å²) in [6.07, 6.45) is 0. The van der Waals surface area contributed by atoms with Gasteiger partial charge in [-0.1, -0.05) is 0 Å². The van der Waals surface area contributed by atoms with Gasteiger partial charge in [-0.05, 0) is 0 Å². The number of aliphatic imine (C=N–C) groups is 4. The van der Waals surface area contributed by atoms with E-state index in [4.69, 9.17) is 41.8 Å². The van der Waals surface area contributed by atoms with Crippen LogP contribution < -0.4 is 11.0 Å². The molecule has 0 unspecified atom stereocenters. The average Bonchev–Trinajstić information content (AvgIpc) is 4.09. The molecular weight excluding hydrogens is 1110 g/mol. The van der Waals surface area contributed by atoms with Crippen molar-refractivity contribution >= 4 is 155 Å². The summed E-state index contributed by atoms with van der Waals surface area (Å²) in [7, 11) is -9.87. The van der Waals surface area contributed by atoms with Gasteiger partial charge in [-0.25, -0.2) is 5.26 Å². The van der Waals surface area contributed by atoms with E-state index in [1.54, 1.807) is 17.2 Å². The first kappa shape index (κ1) is 45.6. The summed E-state index contributed by atoms with van der Waals surface area (Å²) in [5, 5.41) is 21.6. The van der Waals surface area contributed by atoms with Crippen molar-refractivity contribution in [2.45, 2.75) is 37.5 Å². The van der Waals surface area contributed by atoms with Gasteiger partial charge in [0.15, 0.2) is 0 Å². The fourth-order valence-corrected chi connectivity index (χ4v) is 21.1. The van der Waals surface area contributed by atoms with E-state index >= 15 is 0 Å². The zero-order valence-corrected chi connectivity index (χ0v) is 44.7. The number of fused-ring (bicyclic) bond motifs is 18. The van der Waals surface area contributed by atoms with Crippen LogP contribution in [0.25, 0.3) is 64.6 Å². The van der Waals surface area contributed by atoms with Crippen molar-refractivity contribution in [3.05, 3.63) is 165 Å². The normalized spacial score (nSPS) is 14.8. The van der Waals surface area contributed by atoms with Gasteiger partial charge < -0.3 is 0 Å². The third-order valence-electron chi connectivity index (χ3n) is 14.5. The molecule has 10 aromatic rings. The monoisotopic (exact) mass is 1140 g/mol. The van der Waals surface area contributed by atoms with Gasteiger partial charge in [0.1, 0.15) is 0 Å². The zero-order chi connectivity index (χ0) is 50.9. The van der Waals surface area contributed by atoms with E-state index in [0.717, 1.165) is 66.6 Å². The Morgan fingerprint density at radius 2 is 0.932 bits per heavy atom. The van der Waals surface area contributed by atoms with E-state index in [2.05, 4.69) is 5.04 Å². The molecule has 362 valence electrons. The van der Waals surface area contributed by atoms with Crippen LogP contribution in [0.1, 0.15) is 44.5 Å². The van der Waals surface area contributed by atoms with Crippen LogP contribution in [-0.2, 0) is 32.2 Å². The average molecular weight is 1140 g/mol. The van der Waals surface area contributed by atoms with E-state index in [-0.39, 0.29) is 50.8 Å². The molecule has 3 N–H and O–H groups in total. The van der Waals surface area contributed by atoms with E-state index in [0.29, 0.717) is 59.5 Å². The Labute approximate surface area is 431 Å². The fourth-order valence-electron chi connectivity index (χ4n) is 11.3. The van der Waals surface area contributed by atoms with Gasteiger partial charge >= 0.3 is 429 Å². The third-order valence-corrected chi connectivity index (χ3v) is 25.2. The van der Waals surface area contributed by atoms with Crippen molar-refractivity contribution in [1.29, 1.82) is 0 Å². The molecule has 0 saturated heterocycles. The van der Waals surface area contributed by atoms with Crippen molar-refractivity contribution in [1.82, 2.24) is 5.11 Å². The second-order valence-corrected chi connectivity index (χ2v) is 28.2. The van der Waals surface area contributed by atoms with Crippen molar-refractivity contribution in [3.8, 4) is 0 Å². The molecule has 8 aromatic carbocycles. The molecule has 6 heterocycles. The van der Waals surface area contributed by atoms with E-state index in [1.165, 1.54) is 12.1 Å². The third kappa shape index (κ3) is 6.67. The van der Waals surface area contributed by atoms with Crippen LogP contribution in [-0.4, -0.2) is 82.1 Å². The topological polar surface area (TPSA) is 241 Å². The Hall–Kier alpha value is -6.96. The first-order chi connectivity index (χ1) is 35.5. The first-order valence-electron chi connectivity index (χ1n) is 22.9. The van der Waals surface area contributed by atoms with Crippen LogP contribution in [0.3, 0.4) is 0 Å². The fraction of sp³-hybridized carbons (Fsp3) is 0.0769. The second kappa shape index (κ2) is 16.0. The molecule has 0 aliphatic carbocycles. The number of rotatable bonds is 6. The first-order valence-corrected chi connectivity index (χ1v) is 30.7. The maximum absolute atomic E-state index is 13.8. The summed E-state index contributed by atoms with van der Waals surface area (Å²) in [5.74, 6) is 1.42. The minimum absolute atomic E-state index is 0.172. The predicted octanol–water partition coefficient (Wildman–Crippen LogP) is 9.26. The van der Waals surface area contributed by atoms with Crippen LogP contribution in [0.15, 0.2) is 149 Å². The number of hydrogen-bond acceptors (Lipinski definition) is 15. The van der Waals surface area contributed by atoms with Gasteiger partial charge in [0, 0.05) is 0 Å². The van der Waals surface area contributed by atoms with Crippen LogP contribution in [0.4, 0.5) is 11.6 Å². The van der Waals surface area contributed by atoms with Gasteiger partial charge in [0.25, 0.3) is 0 Å². The summed E-state index contributed by atoms with van der Waals surface area (Å²) in [6.45, 7) is 7.90. The van der Waals surface area contributed by atoms with Crippen molar-refractivity contribution in [3.63, 3.8) is 0 Å². The maximum atomic E-state index is 13.8. The molecule has 22 heteroatoms. The summed E-state index contributed by atoms with van der Waals surface area (Å²) in [6, 6.07) is 33.2. The molecular formula is C52H33InN8O10S3. The second-order valence-electron chi connectivity index (χ2n) is 18.5. The molecule has 0 radical (unpaired) electrons. The number of benzene rings is 8. The summed E-state index contributed by atoms with van der Waals surface area (Å²) >= 11 is -4.53. The number of hydrogen-bond donors (Lipinski definition) is 3. The Morgan fingerprint density at radius 1 is 0.500 bits per heavy atom. The molecule has 0 spiro atoms. The van der Waals surface area contributed by atoms with Gasteiger partial charge in [-0.15, -0.1) is 0 Å². The molecule has 2 aromatic heterocycles. The standard InChI is InChI=1S/C52H32N8O6S2.In.H2O4S/c1-23-33-9-5-7-11-35(33)25(3)43-41(23)50-56-46-38-20-28-14-16-32(68(62,63)64)18-30(28)22-40(38)48(54-46)58-52-44-26(4)36-12-8-6-10-34(36)24(2)42(44)49(60-52)55-45-37-19-27-13-15-31(67-66-65-61)17-29(27)21-39(37)47(53-45)57-51(43)59-50;;1-5(2,3)4/h5-22H,1-4H3,(H2-2,53,54,55,56,57,58,59,60,61,62,63,64);;(H2,1,2,3,4)/q-2;+3;/p-1. The van der Waals surface area contributed by atoms with E-state index in [1.807, 2.05) is 113 Å². The Morgan fingerprint density at radius 3 is 1.39 bits per heavy atom. The molecule has 14 rings (SSSR count). The SMILES string of the molecule is Cc1c2ccccc2c(C)c2c3[n]4c(c12)N=C1N=C(N=c2c5c(C)c6ccccc6c(C)c5c([n]2[In]4[O]S(=O)(=O)O)=NC2=NC(=N3)c3cc4cc(S(=O)(=O)O)ccc4cc32)c2cc3cc(SOOO)ccc3cc21. The number of aromatic nitrogens is 2. The summed E-state index contributed by atoms with van der Waals surface area (Å²) in [5.41, 5.74) is 5.99. The summed E-state index contributed by atoms with van der Waals surface area (Å²) in [4.78, 5) is 32.6. The molecule has 6 bridgehead atoms. The Bertz CT molecular complexity index is 4870. The van der Waals surface area contributed by atoms with Gasteiger partial charge in [-0.2, -0.15) is 0 Å². The van der Waals surface area contributed by atoms with E-state index < -0.39 is 43.0 Å². The molecule has 18 nitrogen and oxygen atoms in total. The van der Waals surface area contributed by atoms with Crippen LogP contribution in [0.2, 0.25) is 0 Å². The molecule has 0 amide bonds. The van der Waals surface area contributed by atoms with Crippen molar-refractivity contribution in [2.75, 3.05) is 0 Å². The minimum atomic E-state index is -5.35. The number of aryl methyl sites for hydroxylation is 4. The van der Waals surface area contributed by atoms with Crippen LogP contribution in [0, 0.1) is 27.7 Å². The van der Waals surface area contributed by atoms with Gasteiger partial charge in [-0.3, -0.25) is 0 Å². The van der Waals surface area contributed by atoms with Crippen molar-refractivity contribution < 1.29 is 42.9 Å². The summed E-state index contributed by atoms with van der Waals surface area (Å²) < 4.78 is 88.4. The molecule has 4 aliphatic rings. The van der Waals surface area contributed by atoms with Gasteiger partial charge in [0.05, 0.1) is 0 Å².